The molecule has 1 fully saturated rings. The lowest BCUT2D eigenvalue weighted by atomic mass is 10.00. The topological polar surface area (TPSA) is 103 Å². The Morgan fingerprint density at radius 1 is 1.11 bits per heavy atom. The summed E-state index contributed by atoms with van der Waals surface area (Å²) in [7, 11) is 0. The largest absolute Gasteiger partial charge is 0.632 e. The van der Waals surface area contributed by atoms with E-state index < -0.39 is 63.6 Å². The van der Waals surface area contributed by atoms with Gasteiger partial charge in [-0.25, -0.2) is 14.3 Å². The van der Waals surface area contributed by atoms with E-state index in [1.165, 1.54) is 19.1 Å². The first-order valence-electron chi connectivity index (χ1n) is 11.2. The van der Waals surface area contributed by atoms with Gasteiger partial charge >= 0.3 is 18.0 Å². The Bertz CT molecular complexity index is 1290. The Kier molecular flexibility index (Phi) is 7.40. The third kappa shape index (κ3) is 6.06. The average Bonchev–Trinajstić information content (AvgIpc) is 3.22. The molecule has 0 amide bonds. The Morgan fingerprint density at radius 2 is 1.71 bits per heavy atom. The fraction of sp³-hybridized carbons (Fsp3) is 0.391. The Morgan fingerprint density at radius 3 is 2.24 bits per heavy atom. The Labute approximate surface area is 210 Å². The van der Waals surface area contributed by atoms with Crippen LogP contribution in [0.25, 0.3) is 0 Å². The maximum absolute atomic E-state index is 14.0. The minimum atomic E-state index is -5.06. The SMILES string of the molecule is C[C@@H](O[C@H]1OCC[N+]([O-])(Cc2n[nH]c(=O)[nH]2)C1c1ccc(F)cc1)c1cc(C(F)(F)F)cc(C(F)(F)F)c1. The number of hydrogen-bond donors (Lipinski definition) is 2. The number of quaternary nitrogens is 1. The molecule has 38 heavy (non-hydrogen) atoms. The van der Waals surface area contributed by atoms with E-state index in [1.54, 1.807) is 0 Å². The quantitative estimate of drug-likeness (QED) is 0.257. The number of alkyl halides is 6. The first-order valence-corrected chi connectivity index (χ1v) is 11.2. The van der Waals surface area contributed by atoms with Gasteiger partial charge in [0.25, 0.3) is 0 Å². The molecule has 2 heterocycles. The van der Waals surface area contributed by atoms with Crippen LogP contribution in [0, 0.1) is 11.0 Å². The lowest BCUT2D eigenvalue weighted by molar-refractivity contribution is -0.941. The number of hydroxylamine groups is 3. The number of nitrogens with zero attached hydrogens (tertiary/aromatic N) is 2. The minimum absolute atomic E-state index is 0.00113. The second-order valence-corrected chi connectivity index (χ2v) is 8.81. The first kappa shape index (κ1) is 27.8. The van der Waals surface area contributed by atoms with Crippen molar-refractivity contribution in [2.24, 2.45) is 0 Å². The van der Waals surface area contributed by atoms with Crippen molar-refractivity contribution in [2.75, 3.05) is 13.2 Å². The van der Waals surface area contributed by atoms with Crippen molar-refractivity contribution in [3.8, 4) is 0 Å². The molecule has 1 saturated heterocycles. The van der Waals surface area contributed by atoms with Gasteiger partial charge in [-0.05, 0) is 55.0 Å². The molecule has 4 atom stereocenters. The van der Waals surface area contributed by atoms with Crippen LogP contribution in [-0.4, -0.2) is 39.3 Å². The van der Waals surface area contributed by atoms with E-state index in [0.29, 0.717) is 12.1 Å². The zero-order valence-corrected chi connectivity index (χ0v) is 19.6. The number of H-pyrrole nitrogens is 2. The summed E-state index contributed by atoms with van der Waals surface area (Å²) >= 11 is 0. The molecular formula is C23H21F7N4O4. The van der Waals surface area contributed by atoms with E-state index >= 15 is 0 Å². The van der Waals surface area contributed by atoms with Crippen LogP contribution in [0.5, 0.6) is 0 Å². The second kappa shape index (κ2) is 10.1. The number of halogens is 7. The number of hydrogen-bond acceptors (Lipinski definition) is 5. The van der Waals surface area contributed by atoms with E-state index in [0.717, 1.165) is 12.1 Å². The molecule has 8 nitrogen and oxygen atoms in total. The molecule has 0 radical (unpaired) electrons. The number of benzene rings is 2. The van der Waals surface area contributed by atoms with Gasteiger partial charge in [-0.1, -0.05) is 0 Å². The maximum Gasteiger partial charge on any atom is 0.416 e. The molecule has 15 heteroatoms. The molecule has 0 aliphatic carbocycles. The standard InChI is InChI=1S/C23H21F7N4O4/c1-12(14-8-15(22(25,26)27)10-16(9-14)23(28,29)30)38-20-19(13-2-4-17(24)5-3-13)34(36,6-7-37-20)11-18-31-21(35)33-32-18/h2-5,8-10,12,19-20H,6-7,11H2,1H3,(H2,31,32,33,35)/t12-,19?,20-,34?/m1/s1. The number of aromatic amines is 2. The van der Waals surface area contributed by atoms with E-state index in [-0.39, 0.29) is 37.2 Å². The monoisotopic (exact) mass is 550 g/mol. The zero-order valence-electron chi connectivity index (χ0n) is 19.6. The van der Waals surface area contributed by atoms with Crippen molar-refractivity contribution in [3.05, 3.63) is 92.1 Å². The third-order valence-corrected chi connectivity index (χ3v) is 6.11. The van der Waals surface area contributed by atoms with E-state index in [4.69, 9.17) is 9.47 Å². The highest BCUT2D eigenvalue weighted by atomic mass is 19.4. The van der Waals surface area contributed by atoms with Crippen molar-refractivity contribution < 1.29 is 44.9 Å². The average molecular weight is 550 g/mol. The summed E-state index contributed by atoms with van der Waals surface area (Å²) in [5.74, 6) is -0.612. The fourth-order valence-electron chi connectivity index (χ4n) is 4.28. The van der Waals surface area contributed by atoms with Gasteiger partial charge in [-0.15, -0.1) is 0 Å². The molecule has 3 aromatic rings. The summed E-state index contributed by atoms with van der Waals surface area (Å²) in [5, 5.41) is 19.9. The lowest BCUT2D eigenvalue weighted by Crippen LogP contribution is -2.56. The smallest absolute Gasteiger partial charge is 0.416 e. The number of aromatic nitrogens is 3. The number of nitrogens with one attached hydrogen (secondary N) is 2. The second-order valence-electron chi connectivity index (χ2n) is 8.81. The molecule has 0 spiro atoms. The molecule has 0 bridgehead atoms. The molecule has 1 aliphatic rings. The van der Waals surface area contributed by atoms with Gasteiger partial charge in [-0.2, -0.15) is 31.4 Å². The van der Waals surface area contributed by atoms with Crippen LogP contribution in [0.15, 0.2) is 47.3 Å². The summed E-state index contributed by atoms with van der Waals surface area (Å²) in [6, 6.07) is 4.53. The predicted octanol–water partition coefficient (Wildman–Crippen LogP) is 4.96. The molecule has 1 aromatic heterocycles. The molecular weight excluding hydrogens is 529 g/mol. The van der Waals surface area contributed by atoms with Gasteiger partial charge < -0.3 is 19.3 Å². The summed E-state index contributed by atoms with van der Waals surface area (Å²) in [6.45, 7) is 0.469. The van der Waals surface area contributed by atoms with Gasteiger partial charge in [0, 0.05) is 5.56 Å². The summed E-state index contributed by atoms with van der Waals surface area (Å²) in [6.07, 6.45) is -13.0. The van der Waals surface area contributed by atoms with Crippen molar-refractivity contribution in [3.63, 3.8) is 0 Å². The molecule has 1 aliphatic heterocycles. The normalized spacial score (nSPS) is 23.4. The molecule has 4 rings (SSSR count). The Hall–Kier alpha value is -3.27. The lowest BCUT2D eigenvalue weighted by Gasteiger charge is -2.53. The van der Waals surface area contributed by atoms with Crippen molar-refractivity contribution in [1.82, 2.24) is 15.2 Å². The summed E-state index contributed by atoms with van der Waals surface area (Å²) in [4.78, 5) is 13.8. The fourth-order valence-corrected chi connectivity index (χ4v) is 4.28. The van der Waals surface area contributed by atoms with Crippen LogP contribution in [0.3, 0.4) is 0 Å². The van der Waals surface area contributed by atoms with E-state index in [9.17, 15) is 40.7 Å². The van der Waals surface area contributed by atoms with Gasteiger partial charge in [0.15, 0.2) is 11.9 Å². The molecule has 206 valence electrons. The van der Waals surface area contributed by atoms with E-state index in [2.05, 4.69) is 15.2 Å². The zero-order chi connectivity index (χ0) is 27.9. The predicted molar refractivity (Wildman–Crippen MR) is 116 cm³/mol. The van der Waals surface area contributed by atoms with Gasteiger partial charge in [0.05, 0.1) is 23.8 Å². The van der Waals surface area contributed by atoms with Crippen LogP contribution < -0.4 is 5.69 Å². The molecule has 2 unspecified atom stereocenters. The molecule has 2 aromatic carbocycles. The van der Waals surface area contributed by atoms with Crippen LogP contribution in [0.2, 0.25) is 0 Å². The van der Waals surface area contributed by atoms with Crippen molar-refractivity contribution in [2.45, 2.75) is 44.3 Å². The third-order valence-electron chi connectivity index (χ3n) is 6.11. The molecule has 2 N–H and O–H groups in total. The Balaban J connectivity index is 1.71. The van der Waals surface area contributed by atoms with Crippen LogP contribution in [-0.2, 0) is 28.4 Å². The first-order chi connectivity index (χ1) is 17.7. The van der Waals surface area contributed by atoms with Crippen LogP contribution in [0.1, 0.15) is 47.1 Å². The minimum Gasteiger partial charge on any atom is -0.632 e. The molecule has 0 saturated carbocycles. The summed E-state index contributed by atoms with van der Waals surface area (Å²) in [5.41, 5.74) is -3.91. The number of ether oxygens (including phenoxy) is 2. The highest BCUT2D eigenvalue weighted by Gasteiger charge is 2.45. The van der Waals surface area contributed by atoms with E-state index in [1.807, 2.05) is 0 Å². The van der Waals surface area contributed by atoms with Gasteiger partial charge in [0.2, 0.25) is 6.29 Å². The number of rotatable bonds is 6. The highest BCUT2D eigenvalue weighted by Crippen LogP contribution is 2.41. The van der Waals surface area contributed by atoms with Crippen molar-refractivity contribution >= 4 is 0 Å². The van der Waals surface area contributed by atoms with Crippen LogP contribution >= 0.6 is 0 Å². The van der Waals surface area contributed by atoms with Gasteiger partial charge in [-0.3, -0.25) is 4.98 Å². The van der Waals surface area contributed by atoms with Crippen LogP contribution in [0.4, 0.5) is 30.7 Å². The van der Waals surface area contributed by atoms with Crippen molar-refractivity contribution in [1.29, 1.82) is 0 Å². The summed E-state index contributed by atoms with van der Waals surface area (Å²) < 4.78 is 104. The highest BCUT2D eigenvalue weighted by molar-refractivity contribution is 5.34. The van der Waals surface area contributed by atoms with Gasteiger partial charge in [0.1, 0.15) is 18.9 Å². The maximum atomic E-state index is 14.0. The number of morpholine rings is 1.